The van der Waals surface area contributed by atoms with E-state index < -0.39 is 0 Å². The first-order valence-electron chi connectivity index (χ1n) is 8.03. The van der Waals surface area contributed by atoms with Crippen LogP contribution in [-0.2, 0) is 0 Å². The lowest BCUT2D eigenvalue weighted by molar-refractivity contribution is 0.104. The average molecular weight is 372 g/mol. The van der Waals surface area contributed by atoms with Crippen LogP contribution < -0.4 is 25.5 Å². The second-order valence-electron chi connectivity index (χ2n) is 5.80. The van der Waals surface area contributed by atoms with Crippen molar-refractivity contribution in [3.63, 3.8) is 0 Å². The number of ether oxygens (including phenoxy) is 3. The number of aryl methyl sites for hydroxylation is 1. The van der Waals surface area contributed by atoms with Crippen molar-refractivity contribution in [2.45, 2.75) is 6.92 Å². The van der Waals surface area contributed by atoms with Crippen LogP contribution in [0, 0.1) is 6.92 Å². The van der Waals surface area contributed by atoms with Gasteiger partial charge in [0.15, 0.2) is 28.6 Å². The number of hydrazine groups is 1. The van der Waals surface area contributed by atoms with Gasteiger partial charge in [0.05, 0.1) is 26.9 Å². The molecule has 142 valence electrons. The van der Waals surface area contributed by atoms with Crippen LogP contribution in [0.15, 0.2) is 28.7 Å². The number of hydrogen-bond acceptors (Lipinski definition) is 8. The molecule has 0 bridgehead atoms. The highest BCUT2D eigenvalue weighted by Gasteiger charge is 2.26. The number of anilines is 1. The van der Waals surface area contributed by atoms with Gasteiger partial charge in [-0.05, 0) is 36.8 Å². The van der Waals surface area contributed by atoms with Gasteiger partial charge in [0.25, 0.3) is 0 Å². The van der Waals surface area contributed by atoms with Crippen LogP contribution in [0.5, 0.6) is 23.0 Å². The Morgan fingerprint density at radius 3 is 2.41 bits per heavy atom. The fourth-order valence-electron chi connectivity index (χ4n) is 3.05. The molecule has 3 aromatic rings. The second kappa shape index (κ2) is 7.08. The number of nitrogen functional groups attached to an aromatic ring is 1. The summed E-state index contributed by atoms with van der Waals surface area (Å²) >= 11 is 0. The average Bonchev–Trinajstić information content (AvgIpc) is 3.06. The molecule has 0 spiro atoms. The molecular weight excluding hydrogens is 352 g/mol. The van der Waals surface area contributed by atoms with Crippen molar-refractivity contribution in [1.82, 2.24) is 0 Å². The molecular formula is C19H20N2O6. The second-order valence-corrected chi connectivity index (χ2v) is 5.80. The fourth-order valence-corrected chi connectivity index (χ4v) is 3.05. The summed E-state index contributed by atoms with van der Waals surface area (Å²) in [6, 6.07) is 6.44. The number of carbonyl (C=O) groups excluding carboxylic acids is 1. The molecule has 1 heterocycles. The van der Waals surface area contributed by atoms with E-state index in [1.807, 2.05) is 6.92 Å². The van der Waals surface area contributed by atoms with E-state index in [-0.39, 0.29) is 34.3 Å². The molecule has 0 saturated carbocycles. The van der Waals surface area contributed by atoms with Gasteiger partial charge in [-0.15, -0.1) is 0 Å². The normalized spacial score (nSPS) is 10.7. The van der Waals surface area contributed by atoms with Gasteiger partial charge in [-0.3, -0.25) is 10.2 Å². The lowest BCUT2D eigenvalue weighted by Gasteiger charge is -2.12. The van der Waals surface area contributed by atoms with E-state index in [1.54, 1.807) is 24.3 Å². The van der Waals surface area contributed by atoms with Crippen LogP contribution in [0.4, 0.5) is 5.88 Å². The predicted octanol–water partition coefficient (Wildman–Crippen LogP) is 2.99. The zero-order valence-electron chi connectivity index (χ0n) is 15.4. The number of ketones is 1. The molecule has 0 fully saturated rings. The number of rotatable bonds is 6. The fraction of sp³-hybridized carbons (Fsp3) is 0.211. The van der Waals surface area contributed by atoms with Gasteiger partial charge in [-0.2, -0.15) is 0 Å². The molecule has 4 N–H and O–H groups in total. The van der Waals surface area contributed by atoms with E-state index in [4.69, 9.17) is 24.5 Å². The summed E-state index contributed by atoms with van der Waals surface area (Å²) in [5, 5.41) is 10.7. The summed E-state index contributed by atoms with van der Waals surface area (Å²) in [5.41, 5.74) is 3.76. The summed E-state index contributed by atoms with van der Waals surface area (Å²) in [7, 11) is 4.45. The third-order valence-electron chi connectivity index (χ3n) is 4.30. The zero-order chi connectivity index (χ0) is 19.7. The monoisotopic (exact) mass is 372 g/mol. The molecule has 3 rings (SSSR count). The highest BCUT2D eigenvalue weighted by atomic mass is 16.5. The molecule has 0 atom stereocenters. The lowest BCUT2D eigenvalue weighted by atomic mass is 9.99. The van der Waals surface area contributed by atoms with Gasteiger partial charge in [0.2, 0.25) is 11.6 Å². The van der Waals surface area contributed by atoms with E-state index >= 15 is 0 Å². The van der Waals surface area contributed by atoms with Crippen LogP contribution in [0.1, 0.15) is 21.5 Å². The zero-order valence-corrected chi connectivity index (χ0v) is 15.4. The molecule has 1 aromatic heterocycles. The van der Waals surface area contributed by atoms with Crippen molar-refractivity contribution in [2.75, 3.05) is 26.8 Å². The molecule has 0 aliphatic rings. The first kappa shape index (κ1) is 18.4. The van der Waals surface area contributed by atoms with Crippen LogP contribution >= 0.6 is 0 Å². The molecule has 2 aromatic carbocycles. The van der Waals surface area contributed by atoms with Crippen molar-refractivity contribution in [2.24, 2.45) is 5.84 Å². The number of nitrogens with one attached hydrogen (secondary N) is 1. The Bertz CT molecular complexity index is 1020. The number of phenols is 1. The third kappa shape index (κ3) is 2.89. The molecule has 0 radical (unpaired) electrons. The third-order valence-corrected chi connectivity index (χ3v) is 4.30. The van der Waals surface area contributed by atoms with Crippen molar-refractivity contribution in [1.29, 1.82) is 0 Å². The van der Waals surface area contributed by atoms with Gasteiger partial charge in [-0.1, -0.05) is 0 Å². The van der Waals surface area contributed by atoms with Crippen molar-refractivity contribution in [3.8, 4) is 23.0 Å². The highest BCUT2D eigenvalue weighted by Crippen LogP contribution is 2.42. The number of furan rings is 1. The highest BCUT2D eigenvalue weighted by molar-refractivity contribution is 6.20. The number of carbonyl (C=O) groups is 1. The van der Waals surface area contributed by atoms with Gasteiger partial charge < -0.3 is 23.7 Å². The molecule has 0 amide bonds. The Kier molecular flexibility index (Phi) is 4.83. The van der Waals surface area contributed by atoms with Crippen LogP contribution in [-0.4, -0.2) is 32.2 Å². The minimum absolute atomic E-state index is 0.0333. The number of benzene rings is 2. The van der Waals surface area contributed by atoms with Crippen LogP contribution in [0.25, 0.3) is 11.0 Å². The van der Waals surface area contributed by atoms with Gasteiger partial charge in [-0.25, -0.2) is 5.84 Å². The minimum atomic E-state index is -0.352. The summed E-state index contributed by atoms with van der Waals surface area (Å²) in [4.78, 5) is 13.2. The Morgan fingerprint density at radius 2 is 1.81 bits per heavy atom. The Hall–Kier alpha value is -3.39. The maximum Gasteiger partial charge on any atom is 0.219 e. The van der Waals surface area contributed by atoms with Crippen molar-refractivity contribution < 1.29 is 28.5 Å². The molecule has 0 unspecified atom stereocenters. The number of fused-ring (bicyclic) bond motifs is 1. The van der Waals surface area contributed by atoms with E-state index in [0.29, 0.717) is 22.4 Å². The van der Waals surface area contributed by atoms with Crippen molar-refractivity contribution >= 4 is 22.6 Å². The van der Waals surface area contributed by atoms with Gasteiger partial charge >= 0.3 is 0 Å². The molecule has 0 aliphatic heterocycles. The van der Waals surface area contributed by atoms with E-state index in [9.17, 15) is 9.90 Å². The molecule has 8 heteroatoms. The number of aromatic hydroxyl groups is 1. The maximum absolute atomic E-state index is 13.2. The van der Waals surface area contributed by atoms with E-state index in [0.717, 1.165) is 5.56 Å². The number of methoxy groups -OCH3 is 3. The van der Waals surface area contributed by atoms with Gasteiger partial charge in [0, 0.05) is 10.9 Å². The molecule has 0 saturated heterocycles. The van der Waals surface area contributed by atoms with Crippen LogP contribution in [0.3, 0.4) is 0 Å². The molecule has 0 aliphatic carbocycles. The quantitative estimate of drug-likeness (QED) is 0.343. The summed E-state index contributed by atoms with van der Waals surface area (Å²) in [5.74, 6) is 6.20. The SMILES string of the molecule is COc1cc(C(=O)c2c(NN)oc3c(O)c(OC)ccc23)cc(C)c1OC. The first-order chi connectivity index (χ1) is 13.0. The van der Waals surface area contributed by atoms with Crippen LogP contribution in [0.2, 0.25) is 0 Å². The smallest absolute Gasteiger partial charge is 0.219 e. The maximum atomic E-state index is 13.2. The lowest BCUT2D eigenvalue weighted by Crippen LogP contribution is -2.11. The summed E-state index contributed by atoms with van der Waals surface area (Å²) in [6.45, 7) is 1.81. The van der Waals surface area contributed by atoms with Gasteiger partial charge in [0.1, 0.15) is 0 Å². The molecule has 27 heavy (non-hydrogen) atoms. The summed E-state index contributed by atoms with van der Waals surface area (Å²) in [6.07, 6.45) is 0. The Balaban J connectivity index is 2.22. The number of nitrogens with two attached hydrogens (primary N) is 1. The topological polar surface area (TPSA) is 116 Å². The Morgan fingerprint density at radius 1 is 1.11 bits per heavy atom. The van der Waals surface area contributed by atoms with Crippen molar-refractivity contribution in [3.05, 3.63) is 41.0 Å². The summed E-state index contributed by atoms with van der Waals surface area (Å²) < 4.78 is 21.3. The standard InChI is InChI=1S/C19H20N2O6/c1-9-7-10(8-13(25-3)17(9)26-4)15(22)14-11-5-6-12(24-2)16(23)18(11)27-19(14)21-20/h5-8,21,23H,20H2,1-4H3. The number of hydrogen-bond donors (Lipinski definition) is 3. The Labute approximate surface area is 155 Å². The predicted molar refractivity (Wildman–Crippen MR) is 100.0 cm³/mol. The van der Waals surface area contributed by atoms with E-state index in [1.165, 1.54) is 21.3 Å². The minimum Gasteiger partial charge on any atom is -0.502 e. The van der Waals surface area contributed by atoms with E-state index in [2.05, 4.69) is 5.43 Å². The first-order valence-corrected chi connectivity index (χ1v) is 8.03. The number of phenolic OH excluding ortho intramolecular Hbond substituents is 1. The molecule has 8 nitrogen and oxygen atoms in total. The largest absolute Gasteiger partial charge is 0.502 e.